The summed E-state index contributed by atoms with van der Waals surface area (Å²) >= 11 is 0. The second-order valence-electron chi connectivity index (χ2n) is 4.52. The van der Waals surface area contributed by atoms with Gasteiger partial charge in [-0.25, -0.2) is 4.98 Å². The molecule has 1 aromatic rings. The second-order valence-corrected chi connectivity index (χ2v) is 4.52. The fraction of sp³-hybridized carbons (Fsp3) is 0.462. The third-order valence-electron chi connectivity index (χ3n) is 3.18. The van der Waals surface area contributed by atoms with E-state index in [2.05, 4.69) is 11.9 Å². The summed E-state index contributed by atoms with van der Waals surface area (Å²) in [5, 5.41) is 8.66. The molecule has 2 rings (SSSR count). The molecular weight excluding hydrogens is 214 g/mol. The predicted octanol–water partition coefficient (Wildman–Crippen LogP) is 1.83. The summed E-state index contributed by atoms with van der Waals surface area (Å²) in [4.78, 5) is 18.0. The Morgan fingerprint density at radius 2 is 2.18 bits per heavy atom. The Morgan fingerprint density at radius 3 is 2.71 bits per heavy atom. The van der Waals surface area contributed by atoms with Gasteiger partial charge in [-0.05, 0) is 30.9 Å². The first-order valence-electron chi connectivity index (χ1n) is 5.86. The Kier molecular flexibility index (Phi) is 3.38. The fourth-order valence-electron chi connectivity index (χ4n) is 1.96. The number of hydrogen-bond donors (Lipinski definition) is 0. The highest BCUT2D eigenvalue weighted by Gasteiger charge is 2.21. The van der Waals surface area contributed by atoms with E-state index < -0.39 is 0 Å². The third kappa shape index (κ3) is 2.62. The second kappa shape index (κ2) is 4.96. The van der Waals surface area contributed by atoms with Crippen molar-refractivity contribution in [2.45, 2.75) is 19.8 Å². The minimum atomic E-state index is -0.0265. The summed E-state index contributed by atoms with van der Waals surface area (Å²) in [5.41, 5.74) is 0.910. The summed E-state index contributed by atoms with van der Waals surface area (Å²) in [5.74, 6) is 0.675. The van der Waals surface area contributed by atoms with Crippen molar-refractivity contribution in [3.8, 4) is 6.07 Å². The van der Waals surface area contributed by atoms with Crippen LogP contribution in [-0.4, -0.2) is 28.9 Å². The van der Waals surface area contributed by atoms with E-state index in [4.69, 9.17) is 5.26 Å². The van der Waals surface area contributed by atoms with E-state index in [1.165, 1.54) is 6.20 Å². The third-order valence-corrected chi connectivity index (χ3v) is 3.18. The minimum Gasteiger partial charge on any atom is -0.337 e. The van der Waals surface area contributed by atoms with Crippen LogP contribution in [0.5, 0.6) is 0 Å². The number of likely N-dealkylation sites (tertiary alicyclic amines) is 1. The van der Waals surface area contributed by atoms with Crippen molar-refractivity contribution >= 4 is 5.91 Å². The molecule has 0 aromatic carbocycles. The number of nitriles is 1. The molecular formula is C13H15N3O. The summed E-state index contributed by atoms with van der Waals surface area (Å²) in [6, 6.07) is 5.25. The molecule has 0 aliphatic carbocycles. The van der Waals surface area contributed by atoms with Gasteiger partial charge < -0.3 is 4.90 Å². The molecule has 0 saturated carbocycles. The van der Waals surface area contributed by atoms with E-state index in [1.807, 2.05) is 11.0 Å². The summed E-state index contributed by atoms with van der Waals surface area (Å²) in [6.07, 6.45) is 3.56. The lowest BCUT2D eigenvalue weighted by molar-refractivity contribution is 0.0691. The average Bonchev–Trinajstić information content (AvgIpc) is 2.39. The van der Waals surface area contributed by atoms with Gasteiger partial charge in [0, 0.05) is 19.3 Å². The van der Waals surface area contributed by atoms with Gasteiger partial charge in [-0.1, -0.05) is 6.92 Å². The highest BCUT2D eigenvalue weighted by Crippen LogP contribution is 2.17. The number of amides is 1. The van der Waals surface area contributed by atoms with Crippen LogP contribution in [0.1, 0.15) is 35.8 Å². The molecule has 0 N–H and O–H groups in total. The normalized spacial score (nSPS) is 16.6. The monoisotopic (exact) mass is 229 g/mol. The molecule has 0 unspecified atom stereocenters. The number of piperidine rings is 1. The van der Waals surface area contributed by atoms with Gasteiger partial charge in [0.25, 0.3) is 5.91 Å². The maximum absolute atomic E-state index is 12.1. The van der Waals surface area contributed by atoms with Gasteiger partial charge in [0.05, 0.1) is 5.56 Å². The maximum Gasteiger partial charge on any atom is 0.272 e. The fourth-order valence-corrected chi connectivity index (χ4v) is 1.96. The van der Waals surface area contributed by atoms with Gasteiger partial charge in [-0.2, -0.15) is 5.26 Å². The molecule has 1 aromatic heterocycles. The highest BCUT2D eigenvalue weighted by atomic mass is 16.2. The molecule has 0 spiro atoms. The minimum absolute atomic E-state index is 0.0265. The van der Waals surface area contributed by atoms with Crippen LogP contribution in [0.4, 0.5) is 0 Å². The first kappa shape index (κ1) is 11.6. The van der Waals surface area contributed by atoms with E-state index in [9.17, 15) is 4.79 Å². The van der Waals surface area contributed by atoms with Crippen molar-refractivity contribution in [3.63, 3.8) is 0 Å². The molecule has 0 atom stereocenters. The van der Waals surface area contributed by atoms with Crippen molar-refractivity contribution in [2.24, 2.45) is 5.92 Å². The van der Waals surface area contributed by atoms with Crippen molar-refractivity contribution < 1.29 is 4.79 Å². The number of nitrogens with zero attached hydrogens (tertiary/aromatic N) is 3. The number of carbonyl (C=O) groups excluding carboxylic acids is 1. The van der Waals surface area contributed by atoms with Gasteiger partial charge in [-0.15, -0.1) is 0 Å². The largest absolute Gasteiger partial charge is 0.337 e. The van der Waals surface area contributed by atoms with Crippen LogP contribution in [0, 0.1) is 17.2 Å². The summed E-state index contributed by atoms with van der Waals surface area (Å²) in [7, 11) is 0. The number of carbonyl (C=O) groups is 1. The average molecular weight is 229 g/mol. The molecule has 0 bridgehead atoms. The van der Waals surface area contributed by atoms with E-state index >= 15 is 0 Å². The molecule has 4 nitrogen and oxygen atoms in total. The number of hydrogen-bond acceptors (Lipinski definition) is 3. The zero-order valence-corrected chi connectivity index (χ0v) is 9.89. The zero-order valence-electron chi connectivity index (χ0n) is 9.89. The first-order valence-corrected chi connectivity index (χ1v) is 5.86. The van der Waals surface area contributed by atoms with E-state index in [1.54, 1.807) is 12.1 Å². The van der Waals surface area contributed by atoms with Gasteiger partial charge >= 0.3 is 0 Å². The lowest BCUT2D eigenvalue weighted by Gasteiger charge is -2.29. The SMILES string of the molecule is CC1CCN(C(=O)c2ccc(C#N)cn2)CC1. The molecule has 17 heavy (non-hydrogen) atoms. The van der Waals surface area contributed by atoms with E-state index in [-0.39, 0.29) is 5.91 Å². The maximum atomic E-state index is 12.1. The number of rotatable bonds is 1. The van der Waals surface area contributed by atoms with Gasteiger partial charge in [0.1, 0.15) is 11.8 Å². The van der Waals surface area contributed by atoms with Crippen molar-refractivity contribution in [1.29, 1.82) is 5.26 Å². The Bertz CT molecular complexity index is 439. The van der Waals surface area contributed by atoms with Crippen LogP contribution >= 0.6 is 0 Å². The van der Waals surface area contributed by atoms with E-state index in [0.29, 0.717) is 17.2 Å². The van der Waals surface area contributed by atoms with Crippen molar-refractivity contribution in [1.82, 2.24) is 9.88 Å². The van der Waals surface area contributed by atoms with E-state index in [0.717, 1.165) is 25.9 Å². The number of pyridine rings is 1. The van der Waals surface area contributed by atoms with Gasteiger partial charge in [-0.3, -0.25) is 4.79 Å². The quantitative estimate of drug-likeness (QED) is 0.738. The molecule has 1 saturated heterocycles. The first-order chi connectivity index (χ1) is 8.20. The zero-order chi connectivity index (χ0) is 12.3. The van der Waals surface area contributed by atoms with Crippen LogP contribution in [0.2, 0.25) is 0 Å². The summed E-state index contributed by atoms with van der Waals surface area (Å²) in [6.45, 7) is 3.82. The molecule has 4 heteroatoms. The Morgan fingerprint density at radius 1 is 1.47 bits per heavy atom. The van der Waals surface area contributed by atoms with Crippen LogP contribution in [0.15, 0.2) is 18.3 Å². The lowest BCUT2D eigenvalue weighted by Crippen LogP contribution is -2.38. The molecule has 0 radical (unpaired) electrons. The highest BCUT2D eigenvalue weighted by molar-refractivity contribution is 5.92. The molecule has 1 amide bonds. The van der Waals surface area contributed by atoms with Crippen LogP contribution in [-0.2, 0) is 0 Å². The standard InChI is InChI=1S/C13H15N3O/c1-10-4-6-16(7-5-10)13(17)12-3-2-11(8-14)9-15-12/h2-3,9-10H,4-7H2,1H3. The Hall–Kier alpha value is -1.89. The van der Waals surface area contributed by atoms with Crippen molar-refractivity contribution in [3.05, 3.63) is 29.6 Å². The molecule has 2 heterocycles. The Labute approximate surface area is 101 Å². The molecule has 1 aliphatic rings. The molecule has 1 aliphatic heterocycles. The van der Waals surface area contributed by atoms with Gasteiger partial charge in [0.15, 0.2) is 0 Å². The molecule has 88 valence electrons. The van der Waals surface area contributed by atoms with Crippen LogP contribution in [0.3, 0.4) is 0 Å². The number of aromatic nitrogens is 1. The lowest BCUT2D eigenvalue weighted by atomic mass is 9.99. The Balaban J connectivity index is 2.06. The predicted molar refractivity (Wildman–Crippen MR) is 63.3 cm³/mol. The molecule has 1 fully saturated rings. The van der Waals surface area contributed by atoms with Gasteiger partial charge in [0.2, 0.25) is 0 Å². The van der Waals surface area contributed by atoms with Crippen LogP contribution < -0.4 is 0 Å². The van der Waals surface area contributed by atoms with Crippen molar-refractivity contribution in [2.75, 3.05) is 13.1 Å². The summed E-state index contributed by atoms with van der Waals surface area (Å²) < 4.78 is 0. The topological polar surface area (TPSA) is 57.0 Å². The van der Waals surface area contributed by atoms with Crippen LogP contribution in [0.25, 0.3) is 0 Å². The smallest absolute Gasteiger partial charge is 0.272 e.